The second-order valence-corrected chi connectivity index (χ2v) is 9.03. The first-order valence-corrected chi connectivity index (χ1v) is 12.4. The molecule has 0 N–H and O–H groups in total. The van der Waals surface area contributed by atoms with Gasteiger partial charge < -0.3 is 9.47 Å². The zero-order valence-electron chi connectivity index (χ0n) is 20.5. The van der Waals surface area contributed by atoms with Gasteiger partial charge >= 0.3 is 0 Å². The molecule has 0 saturated carbocycles. The highest BCUT2D eigenvalue weighted by atomic mass is 19.2. The van der Waals surface area contributed by atoms with Crippen LogP contribution in [0.25, 0.3) is 22.3 Å². The summed E-state index contributed by atoms with van der Waals surface area (Å²) < 4.78 is 70.3. The lowest BCUT2D eigenvalue weighted by Crippen LogP contribution is -2.20. The lowest BCUT2D eigenvalue weighted by molar-refractivity contribution is -0.00743. The van der Waals surface area contributed by atoms with Crippen LogP contribution in [-0.2, 0) is 4.74 Å². The van der Waals surface area contributed by atoms with Gasteiger partial charge in [0.15, 0.2) is 23.2 Å². The number of benzene rings is 3. The number of hydrogen-bond donors (Lipinski definition) is 0. The van der Waals surface area contributed by atoms with E-state index < -0.39 is 29.4 Å². The normalized spacial score (nSPS) is 18.1. The molecule has 0 bridgehead atoms. The van der Waals surface area contributed by atoms with Gasteiger partial charge in [-0.1, -0.05) is 61.9 Å². The Balaban J connectivity index is 1.53. The maximum Gasteiger partial charge on any atom is 0.201 e. The van der Waals surface area contributed by atoms with Gasteiger partial charge in [0.05, 0.1) is 19.3 Å². The minimum absolute atomic E-state index is 0.0644. The van der Waals surface area contributed by atoms with E-state index in [0.29, 0.717) is 36.7 Å². The largest absolute Gasteiger partial charge is 0.490 e. The second kappa shape index (κ2) is 11.7. The third-order valence-electron chi connectivity index (χ3n) is 6.54. The van der Waals surface area contributed by atoms with Crippen molar-refractivity contribution in [3.63, 3.8) is 0 Å². The topological polar surface area (TPSA) is 18.5 Å². The number of hydrogen-bond acceptors (Lipinski definition) is 2. The molecule has 6 heteroatoms. The molecule has 1 saturated heterocycles. The molecule has 0 spiro atoms. The Morgan fingerprint density at radius 1 is 0.833 bits per heavy atom. The molecule has 0 radical (unpaired) electrons. The summed E-state index contributed by atoms with van der Waals surface area (Å²) in [4.78, 5) is 0. The van der Waals surface area contributed by atoms with Crippen LogP contribution in [-0.4, -0.2) is 13.2 Å². The Morgan fingerprint density at radius 3 is 2.06 bits per heavy atom. The number of ether oxygens (including phenoxy) is 2. The van der Waals surface area contributed by atoms with Gasteiger partial charge in [-0.3, -0.25) is 0 Å². The van der Waals surface area contributed by atoms with Gasteiger partial charge in [-0.25, -0.2) is 13.2 Å². The highest BCUT2D eigenvalue weighted by Gasteiger charge is 2.26. The Kier molecular flexibility index (Phi) is 8.47. The zero-order chi connectivity index (χ0) is 25.7. The average Bonchev–Trinajstić information content (AvgIpc) is 2.89. The third kappa shape index (κ3) is 5.49. The summed E-state index contributed by atoms with van der Waals surface area (Å²) in [5, 5.41) is 0. The Morgan fingerprint density at radius 2 is 1.47 bits per heavy atom. The van der Waals surface area contributed by atoms with Crippen molar-refractivity contribution in [2.24, 2.45) is 5.92 Å². The maximum absolute atomic E-state index is 15.0. The third-order valence-corrected chi connectivity index (χ3v) is 6.54. The summed E-state index contributed by atoms with van der Waals surface area (Å²) in [6, 6.07) is 12.2. The molecule has 0 aliphatic carbocycles. The van der Waals surface area contributed by atoms with Gasteiger partial charge in [-0.05, 0) is 49.4 Å². The monoisotopic (exact) mass is 498 g/mol. The molecule has 190 valence electrons. The molecule has 1 aliphatic rings. The maximum atomic E-state index is 15.0. The summed E-state index contributed by atoms with van der Waals surface area (Å²) in [5.74, 6) is -3.76. The molecular formula is C30H30F4O2. The van der Waals surface area contributed by atoms with Gasteiger partial charge in [0.1, 0.15) is 0 Å². The van der Waals surface area contributed by atoms with E-state index in [2.05, 4.69) is 6.08 Å². The molecular weight excluding hydrogens is 468 g/mol. The van der Waals surface area contributed by atoms with Gasteiger partial charge in [0.2, 0.25) is 5.82 Å². The minimum atomic E-state index is -1.04. The van der Waals surface area contributed by atoms with Crippen LogP contribution in [0.15, 0.2) is 60.7 Å². The van der Waals surface area contributed by atoms with Gasteiger partial charge in [0.25, 0.3) is 0 Å². The summed E-state index contributed by atoms with van der Waals surface area (Å²) in [6.07, 6.45) is 6.64. The van der Waals surface area contributed by atoms with E-state index in [9.17, 15) is 13.2 Å². The summed E-state index contributed by atoms with van der Waals surface area (Å²) in [5.41, 5.74) is 1.22. The van der Waals surface area contributed by atoms with Crippen molar-refractivity contribution in [2.75, 3.05) is 13.2 Å². The zero-order valence-corrected chi connectivity index (χ0v) is 20.5. The van der Waals surface area contributed by atoms with Crippen LogP contribution < -0.4 is 4.74 Å². The van der Waals surface area contributed by atoms with Crippen molar-refractivity contribution in [1.29, 1.82) is 0 Å². The highest BCUT2D eigenvalue weighted by molar-refractivity contribution is 5.71. The molecule has 2 unspecified atom stereocenters. The van der Waals surface area contributed by atoms with E-state index in [1.165, 1.54) is 18.2 Å². The number of allylic oxidation sites excluding steroid dienone is 1. The molecule has 1 fully saturated rings. The van der Waals surface area contributed by atoms with Crippen LogP contribution in [0.2, 0.25) is 0 Å². The van der Waals surface area contributed by atoms with Crippen molar-refractivity contribution >= 4 is 0 Å². The van der Waals surface area contributed by atoms with Crippen LogP contribution in [0.5, 0.6) is 5.75 Å². The smallest absolute Gasteiger partial charge is 0.201 e. The van der Waals surface area contributed by atoms with E-state index in [1.807, 2.05) is 19.9 Å². The van der Waals surface area contributed by atoms with Gasteiger partial charge in [-0.15, -0.1) is 0 Å². The lowest BCUT2D eigenvalue weighted by atomic mass is 9.92. The molecule has 2 nitrogen and oxygen atoms in total. The van der Waals surface area contributed by atoms with Crippen LogP contribution in [0.4, 0.5) is 17.6 Å². The van der Waals surface area contributed by atoms with Crippen LogP contribution in [0, 0.1) is 29.2 Å². The van der Waals surface area contributed by atoms with Crippen molar-refractivity contribution in [3.8, 4) is 28.0 Å². The lowest BCUT2D eigenvalue weighted by Gasteiger charge is -2.28. The van der Waals surface area contributed by atoms with E-state index >= 15 is 4.39 Å². The molecule has 1 heterocycles. The summed E-state index contributed by atoms with van der Waals surface area (Å²) in [7, 11) is 0. The summed E-state index contributed by atoms with van der Waals surface area (Å²) in [6.45, 7) is 4.71. The molecule has 0 aromatic heterocycles. The quantitative estimate of drug-likeness (QED) is 0.176. The molecule has 36 heavy (non-hydrogen) atoms. The standard InChI is InChI=1S/C30H30F4O2/c1-3-5-17-35-26-16-14-23(28(32)30(26)34)21-10-8-20(9-11-21)22-12-13-24(29(33)27(22)31)25-15-7-19(6-4-2)18-36-25/h4,6,8-14,16,19,25H,3,5,7,15,17-18H2,1-2H3/b6-4+. The fourth-order valence-electron chi connectivity index (χ4n) is 4.50. The van der Waals surface area contributed by atoms with Crippen LogP contribution in [0.3, 0.4) is 0 Å². The summed E-state index contributed by atoms with van der Waals surface area (Å²) >= 11 is 0. The Hall–Kier alpha value is -3.12. The van der Waals surface area contributed by atoms with Gasteiger partial charge in [0, 0.05) is 22.6 Å². The van der Waals surface area contributed by atoms with Crippen molar-refractivity contribution in [2.45, 2.75) is 45.6 Å². The molecule has 4 rings (SSSR count). The minimum Gasteiger partial charge on any atom is -0.490 e. The first kappa shape index (κ1) is 26.0. The fraction of sp³-hybridized carbons (Fsp3) is 0.333. The first-order valence-electron chi connectivity index (χ1n) is 12.4. The number of halogens is 4. The predicted octanol–water partition coefficient (Wildman–Crippen LogP) is 8.80. The van der Waals surface area contributed by atoms with Crippen LogP contribution in [0.1, 0.15) is 51.2 Å². The molecule has 1 aliphatic heterocycles. The molecule has 2 atom stereocenters. The SMILES string of the molecule is C/C=C/C1CCC(c2ccc(-c3ccc(-c4ccc(OCCCC)c(F)c4F)cc3)c(F)c2F)OC1. The van der Waals surface area contributed by atoms with Crippen LogP contribution >= 0.6 is 0 Å². The van der Waals surface area contributed by atoms with Crippen molar-refractivity contribution in [1.82, 2.24) is 0 Å². The van der Waals surface area contributed by atoms with E-state index in [0.717, 1.165) is 19.3 Å². The number of rotatable bonds is 8. The molecule has 3 aromatic carbocycles. The van der Waals surface area contributed by atoms with E-state index in [-0.39, 0.29) is 22.4 Å². The van der Waals surface area contributed by atoms with Gasteiger partial charge in [-0.2, -0.15) is 4.39 Å². The predicted molar refractivity (Wildman–Crippen MR) is 134 cm³/mol. The van der Waals surface area contributed by atoms with Crippen molar-refractivity contribution in [3.05, 3.63) is 89.5 Å². The molecule has 0 amide bonds. The second-order valence-electron chi connectivity index (χ2n) is 9.03. The average molecular weight is 499 g/mol. The highest BCUT2D eigenvalue weighted by Crippen LogP contribution is 2.37. The number of unbranched alkanes of at least 4 members (excludes halogenated alkanes) is 1. The van der Waals surface area contributed by atoms with E-state index in [4.69, 9.17) is 9.47 Å². The fourth-order valence-corrected chi connectivity index (χ4v) is 4.50. The molecule has 3 aromatic rings. The Bertz CT molecular complexity index is 1210. The van der Waals surface area contributed by atoms with Crippen molar-refractivity contribution < 1.29 is 27.0 Å². The van der Waals surface area contributed by atoms with E-state index in [1.54, 1.807) is 30.3 Å². The Labute approximate surface area is 209 Å². The first-order chi connectivity index (χ1) is 17.4.